The molecule has 0 radical (unpaired) electrons. The summed E-state index contributed by atoms with van der Waals surface area (Å²) in [6.07, 6.45) is 4.82. The summed E-state index contributed by atoms with van der Waals surface area (Å²) < 4.78 is 0. The van der Waals surface area contributed by atoms with Crippen LogP contribution in [-0.2, 0) is 12.8 Å². The van der Waals surface area contributed by atoms with Crippen molar-refractivity contribution in [3.05, 3.63) is 10.4 Å². The molecule has 2 aromatic heterocycles. The first kappa shape index (κ1) is 16.1. The van der Waals surface area contributed by atoms with E-state index in [-0.39, 0.29) is 6.61 Å². The molecule has 1 fully saturated rings. The topological polar surface area (TPSA) is 64.5 Å². The average molecular weight is 347 g/mol. The average Bonchev–Trinajstić information content (AvgIpc) is 2.98. The number of hydrogen-bond donors (Lipinski definition) is 2. The number of aliphatic hydroxyl groups excluding tert-OH is 1. The molecule has 0 amide bonds. The van der Waals surface area contributed by atoms with E-state index < -0.39 is 0 Å². The number of anilines is 2. The first-order valence-corrected chi connectivity index (χ1v) is 9.68. The summed E-state index contributed by atoms with van der Waals surface area (Å²) in [7, 11) is 2.16. The van der Waals surface area contributed by atoms with Crippen LogP contribution >= 0.6 is 11.3 Å². The molecule has 0 atom stereocenters. The van der Waals surface area contributed by atoms with Gasteiger partial charge in [0.2, 0.25) is 5.95 Å². The van der Waals surface area contributed by atoms with Gasteiger partial charge in [-0.25, -0.2) is 4.98 Å². The lowest BCUT2D eigenvalue weighted by molar-refractivity contribution is 0.310. The van der Waals surface area contributed by atoms with Gasteiger partial charge in [0.1, 0.15) is 10.6 Å². The van der Waals surface area contributed by atoms with Gasteiger partial charge in [0.25, 0.3) is 0 Å². The fourth-order valence-electron chi connectivity index (χ4n) is 3.60. The van der Waals surface area contributed by atoms with Gasteiger partial charge in [-0.3, -0.25) is 0 Å². The minimum Gasteiger partial charge on any atom is -0.395 e. The Kier molecular flexibility index (Phi) is 4.56. The Morgan fingerprint density at radius 1 is 1.12 bits per heavy atom. The Bertz CT molecular complexity index is 723. The summed E-state index contributed by atoms with van der Waals surface area (Å²) in [5.41, 5.74) is 1.44. The molecule has 0 aromatic carbocycles. The molecule has 1 saturated heterocycles. The lowest BCUT2D eigenvalue weighted by atomic mass is 9.97. The molecule has 24 heavy (non-hydrogen) atoms. The van der Waals surface area contributed by atoms with E-state index in [1.54, 1.807) is 0 Å². The number of aryl methyl sites for hydroxylation is 2. The largest absolute Gasteiger partial charge is 0.395 e. The highest BCUT2D eigenvalue weighted by atomic mass is 32.1. The smallest absolute Gasteiger partial charge is 0.228 e. The van der Waals surface area contributed by atoms with Gasteiger partial charge in [0.15, 0.2) is 0 Å². The molecule has 1 aliphatic heterocycles. The number of fused-ring (bicyclic) bond motifs is 3. The molecule has 0 unspecified atom stereocenters. The van der Waals surface area contributed by atoms with Crippen LogP contribution in [0.25, 0.3) is 10.2 Å². The van der Waals surface area contributed by atoms with Crippen molar-refractivity contribution in [3.8, 4) is 0 Å². The van der Waals surface area contributed by atoms with E-state index in [0.717, 1.165) is 49.2 Å². The molecular weight excluding hydrogens is 322 g/mol. The molecule has 2 aromatic rings. The van der Waals surface area contributed by atoms with Crippen LogP contribution in [0.4, 0.5) is 11.8 Å². The Labute approximate surface area is 146 Å². The number of likely N-dealkylation sites (N-methyl/N-ethyl adjacent to an activating group) is 1. The van der Waals surface area contributed by atoms with Gasteiger partial charge >= 0.3 is 0 Å². The van der Waals surface area contributed by atoms with Gasteiger partial charge in [-0.15, -0.1) is 11.3 Å². The van der Waals surface area contributed by atoms with E-state index in [1.807, 2.05) is 11.3 Å². The fourth-order valence-corrected chi connectivity index (χ4v) is 4.85. The normalized spacial score (nSPS) is 18.8. The van der Waals surface area contributed by atoms with Crippen LogP contribution in [0, 0.1) is 0 Å². The second kappa shape index (κ2) is 6.82. The molecule has 1 aliphatic carbocycles. The zero-order valence-electron chi connectivity index (χ0n) is 14.2. The van der Waals surface area contributed by atoms with Crippen LogP contribution < -0.4 is 10.2 Å². The Morgan fingerprint density at radius 3 is 2.71 bits per heavy atom. The molecular formula is C17H25N5OS. The van der Waals surface area contributed by atoms with Gasteiger partial charge in [0, 0.05) is 37.6 Å². The number of aliphatic hydroxyl groups is 1. The summed E-state index contributed by atoms with van der Waals surface area (Å²) in [5.74, 6) is 1.73. The third-order valence-corrected chi connectivity index (χ3v) is 6.18. The zero-order chi connectivity index (χ0) is 16.5. The molecule has 6 nitrogen and oxygen atoms in total. The Hall–Kier alpha value is -1.44. The van der Waals surface area contributed by atoms with E-state index in [9.17, 15) is 5.11 Å². The molecule has 4 rings (SSSR count). The van der Waals surface area contributed by atoms with Crippen molar-refractivity contribution in [1.29, 1.82) is 0 Å². The molecule has 130 valence electrons. The molecule has 3 heterocycles. The summed E-state index contributed by atoms with van der Waals surface area (Å²) >= 11 is 1.84. The molecule has 0 saturated carbocycles. The van der Waals surface area contributed by atoms with Crippen LogP contribution in [0.2, 0.25) is 0 Å². The van der Waals surface area contributed by atoms with Gasteiger partial charge in [-0.05, 0) is 38.3 Å². The van der Waals surface area contributed by atoms with E-state index in [2.05, 4.69) is 22.2 Å². The SMILES string of the molecule is CN1CCN(c2nc(NCCO)c3c4c(sc3n2)CCCC4)CC1. The number of rotatable bonds is 4. The van der Waals surface area contributed by atoms with E-state index in [4.69, 9.17) is 9.97 Å². The monoisotopic (exact) mass is 347 g/mol. The molecule has 2 aliphatic rings. The highest BCUT2D eigenvalue weighted by molar-refractivity contribution is 7.19. The number of thiophene rings is 1. The maximum atomic E-state index is 9.22. The number of nitrogens with one attached hydrogen (secondary N) is 1. The summed E-state index contributed by atoms with van der Waals surface area (Å²) in [6, 6.07) is 0. The number of nitrogens with zero attached hydrogens (tertiary/aromatic N) is 4. The van der Waals surface area contributed by atoms with Crippen molar-refractivity contribution in [1.82, 2.24) is 14.9 Å². The lowest BCUT2D eigenvalue weighted by Crippen LogP contribution is -2.45. The molecule has 0 spiro atoms. The molecule has 2 N–H and O–H groups in total. The highest BCUT2D eigenvalue weighted by Crippen LogP contribution is 2.39. The van der Waals surface area contributed by atoms with Crippen LogP contribution in [0.1, 0.15) is 23.3 Å². The van der Waals surface area contributed by atoms with Crippen molar-refractivity contribution in [3.63, 3.8) is 0 Å². The van der Waals surface area contributed by atoms with Gasteiger partial charge in [-0.1, -0.05) is 0 Å². The predicted octanol–water partition coefficient (Wildman–Crippen LogP) is 1.73. The van der Waals surface area contributed by atoms with Gasteiger partial charge in [0.05, 0.1) is 12.0 Å². The third kappa shape index (κ3) is 2.96. The second-order valence-electron chi connectivity index (χ2n) is 6.70. The number of hydrogen-bond acceptors (Lipinski definition) is 7. The Morgan fingerprint density at radius 2 is 1.92 bits per heavy atom. The minimum atomic E-state index is 0.113. The van der Waals surface area contributed by atoms with Crippen LogP contribution in [0.5, 0.6) is 0 Å². The van der Waals surface area contributed by atoms with E-state index in [0.29, 0.717) is 6.54 Å². The van der Waals surface area contributed by atoms with E-state index in [1.165, 1.54) is 35.1 Å². The zero-order valence-corrected chi connectivity index (χ0v) is 15.0. The van der Waals surface area contributed by atoms with Crippen molar-refractivity contribution in [2.75, 3.05) is 56.6 Å². The van der Waals surface area contributed by atoms with Crippen LogP contribution in [0.15, 0.2) is 0 Å². The molecule has 0 bridgehead atoms. The summed E-state index contributed by atoms with van der Waals surface area (Å²) in [5, 5.41) is 13.7. The third-order valence-electron chi connectivity index (χ3n) is 4.99. The van der Waals surface area contributed by atoms with Crippen molar-refractivity contribution in [2.45, 2.75) is 25.7 Å². The maximum Gasteiger partial charge on any atom is 0.228 e. The molecule has 7 heteroatoms. The quantitative estimate of drug-likeness (QED) is 0.878. The Balaban J connectivity index is 1.76. The lowest BCUT2D eigenvalue weighted by Gasteiger charge is -2.32. The fraction of sp³-hybridized carbons (Fsp3) is 0.647. The first-order chi connectivity index (χ1) is 11.8. The van der Waals surface area contributed by atoms with Gasteiger partial charge in [-0.2, -0.15) is 4.98 Å². The standard InChI is InChI=1S/C17H25N5OS/c1-21-7-9-22(10-8-21)17-19-15(18-6-11-23)14-12-4-2-3-5-13(12)24-16(14)20-17/h23H,2-11H2,1H3,(H,18,19,20). The van der Waals surface area contributed by atoms with Crippen molar-refractivity contribution in [2.24, 2.45) is 0 Å². The van der Waals surface area contributed by atoms with Crippen molar-refractivity contribution >= 4 is 33.3 Å². The highest BCUT2D eigenvalue weighted by Gasteiger charge is 2.23. The predicted molar refractivity (Wildman–Crippen MR) is 99.3 cm³/mol. The second-order valence-corrected chi connectivity index (χ2v) is 7.79. The van der Waals surface area contributed by atoms with Crippen LogP contribution in [0.3, 0.4) is 0 Å². The van der Waals surface area contributed by atoms with Gasteiger partial charge < -0.3 is 20.2 Å². The minimum absolute atomic E-state index is 0.113. The number of piperazine rings is 1. The maximum absolute atomic E-state index is 9.22. The first-order valence-electron chi connectivity index (χ1n) is 8.87. The van der Waals surface area contributed by atoms with Crippen molar-refractivity contribution < 1.29 is 5.11 Å². The van der Waals surface area contributed by atoms with Crippen LogP contribution in [-0.4, -0.2) is 66.4 Å². The number of aromatic nitrogens is 2. The van der Waals surface area contributed by atoms with E-state index >= 15 is 0 Å². The summed E-state index contributed by atoms with van der Waals surface area (Å²) in [6.45, 7) is 4.66. The summed E-state index contributed by atoms with van der Waals surface area (Å²) in [4.78, 5) is 17.0.